The zero-order valence-corrected chi connectivity index (χ0v) is 21.8. The summed E-state index contributed by atoms with van der Waals surface area (Å²) in [6.45, 7) is 2.67. The van der Waals surface area contributed by atoms with E-state index >= 15 is 0 Å². The van der Waals surface area contributed by atoms with Gasteiger partial charge in [0.05, 0.1) is 16.9 Å². The normalized spacial score (nSPS) is 23.2. The second-order valence-corrected chi connectivity index (χ2v) is 12.6. The maximum absolute atomic E-state index is 13.4. The highest BCUT2D eigenvalue weighted by atomic mass is 32.1. The second kappa shape index (κ2) is 8.37. The van der Waals surface area contributed by atoms with E-state index in [0.717, 1.165) is 41.2 Å². The molecule has 9 nitrogen and oxygen atoms in total. The standard InChI is InChI=1S/C25H29N7O2S2/c1-13-18(11-35-31-13)28-24-30-27-12-32(24)15-4-5-19-16(8-15)20(22(34)26-10-14-2-3-14)23(36-19)29-21(33)17-9-25(17)6-7-25/h11-12,14-15,17H,2-10H2,1H3,(H,26,34)(H,28,30)(H,29,33)/t15-,17?/m0/s1. The number of fused-ring (bicyclic) bond motifs is 1. The summed E-state index contributed by atoms with van der Waals surface area (Å²) in [4.78, 5) is 27.6. The summed E-state index contributed by atoms with van der Waals surface area (Å²) >= 11 is 2.99. The van der Waals surface area contributed by atoms with Crippen LogP contribution in [-0.2, 0) is 17.6 Å². The van der Waals surface area contributed by atoms with Gasteiger partial charge in [-0.25, -0.2) is 0 Å². The maximum atomic E-state index is 13.4. The number of nitrogens with one attached hydrogen (secondary N) is 3. The molecule has 1 spiro atoms. The van der Waals surface area contributed by atoms with Gasteiger partial charge in [0.15, 0.2) is 0 Å². The van der Waals surface area contributed by atoms with Crippen LogP contribution in [-0.4, -0.2) is 37.5 Å². The molecule has 0 radical (unpaired) electrons. The van der Waals surface area contributed by atoms with E-state index in [2.05, 4.69) is 35.1 Å². The van der Waals surface area contributed by atoms with Crippen LogP contribution in [0.25, 0.3) is 0 Å². The number of rotatable bonds is 8. The molecule has 4 aliphatic rings. The van der Waals surface area contributed by atoms with E-state index in [1.54, 1.807) is 17.7 Å². The summed E-state index contributed by atoms with van der Waals surface area (Å²) in [5.74, 6) is 1.42. The minimum absolute atomic E-state index is 0.0608. The summed E-state index contributed by atoms with van der Waals surface area (Å²) < 4.78 is 6.41. The molecule has 0 saturated heterocycles. The van der Waals surface area contributed by atoms with E-state index in [-0.39, 0.29) is 29.2 Å². The molecule has 0 aliphatic heterocycles. The largest absolute Gasteiger partial charge is 0.352 e. The van der Waals surface area contributed by atoms with Gasteiger partial charge >= 0.3 is 0 Å². The summed E-state index contributed by atoms with van der Waals surface area (Å²) in [6, 6.07) is 0.119. The Morgan fingerprint density at radius 1 is 1.25 bits per heavy atom. The Morgan fingerprint density at radius 2 is 2.11 bits per heavy atom. The molecule has 4 aliphatic carbocycles. The van der Waals surface area contributed by atoms with Crippen molar-refractivity contribution in [2.24, 2.45) is 17.3 Å². The van der Waals surface area contributed by atoms with Crippen LogP contribution >= 0.6 is 22.9 Å². The number of hydrogen-bond donors (Lipinski definition) is 3. The fraction of sp³-hybridized carbons (Fsp3) is 0.560. The van der Waals surface area contributed by atoms with Gasteiger partial charge < -0.3 is 16.0 Å². The molecule has 3 saturated carbocycles. The van der Waals surface area contributed by atoms with Gasteiger partial charge in [-0.15, -0.1) is 21.5 Å². The van der Waals surface area contributed by atoms with Crippen molar-refractivity contribution >= 4 is 51.3 Å². The first kappa shape index (κ1) is 22.4. The molecule has 36 heavy (non-hydrogen) atoms. The Kier molecular flexibility index (Phi) is 5.21. The molecule has 3 N–H and O–H groups in total. The monoisotopic (exact) mass is 523 g/mol. The van der Waals surface area contributed by atoms with E-state index in [0.29, 0.717) is 30.4 Å². The fourth-order valence-electron chi connectivity index (χ4n) is 5.54. The molecule has 2 amide bonds. The maximum Gasteiger partial charge on any atom is 0.254 e. The molecule has 0 bridgehead atoms. The van der Waals surface area contributed by atoms with Gasteiger partial charge in [-0.3, -0.25) is 14.2 Å². The number of thiophene rings is 1. The highest BCUT2D eigenvalue weighted by molar-refractivity contribution is 7.17. The number of aromatic nitrogens is 4. The molecular weight excluding hydrogens is 494 g/mol. The summed E-state index contributed by atoms with van der Waals surface area (Å²) in [6.07, 6.45) is 9.93. The third kappa shape index (κ3) is 4.02. The Labute approximate surface area is 217 Å². The molecule has 0 aromatic carbocycles. The van der Waals surface area contributed by atoms with Crippen LogP contribution in [0.15, 0.2) is 11.7 Å². The molecular formula is C25H29N7O2S2. The van der Waals surface area contributed by atoms with Crippen molar-refractivity contribution < 1.29 is 9.59 Å². The van der Waals surface area contributed by atoms with Crippen molar-refractivity contribution in [2.75, 3.05) is 17.2 Å². The van der Waals surface area contributed by atoms with Gasteiger partial charge in [-0.1, -0.05) is 0 Å². The summed E-state index contributed by atoms with van der Waals surface area (Å²) in [5, 5.41) is 20.9. The van der Waals surface area contributed by atoms with Crippen LogP contribution in [0.3, 0.4) is 0 Å². The molecule has 7 rings (SSSR count). The molecule has 3 aromatic heterocycles. The van der Waals surface area contributed by atoms with Crippen LogP contribution in [0.2, 0.25) is 0 Å². The smallest absolute Gasteiger partial charge is 0.254 e. The van der Waals surface area contributed by atoms with Crippen molar-refractivity contribution in [1.29, 1.82) is 0 Å². The molecule has 11 heteroatoms. The molecule has 3 fully saturated rings. The van der Waals surface area contributed by atoms with Crippen molar-refractivity contribution in [3.8, 4) is 0 Å². The molecule has 188 valence electrons. The first-order valence-electron chi connectivity index (χ1n) is 12.8. The van der Waals surface area contributed by atoms with E-state index in [1.807, 2.05) is 12.3 Å². The van der Waals surface area contributed by atoms with E-state index < -0.39 is 0 Å². The molecule has 3 heterocycles. The average molecular weight is 524 g/mol. The number of carbonyl (C=O) groups excluding carboxylic acids is 2. The van der Waals surface area contributed by atoms with Crippen molar-refractivity contribution in [1.82, 2.24) is 24.5 Å². The summed E-state index contributed by atoms with van der Waals surface area (Å²) in [7, 11) is 0. The molecule has 1 unspecified atom stereocenters. The minimum Gasteiger partial charge on any atom is -0.352 e. The number of aryl methyl sites for hydroxylation is 2. The lowest BCUT2D eigenvalue weighted by Crippen LogP contribution is -2.29. The number of nitrogens with zero attached hydrogens (tertiary/aromatic N) is 4. The van der Waals surface area contributed by atoms with Gasteiger partial charge in [0, 0.05) is 28.8 Å². The van der Waals surface area contributed by atoms with Gasteiger partial charge in [0.1, 0.15) is 11.3 Å². The Bertz CT molecular complexity index is 1350. The van der Waals surface area contributed by atoms with E-state index in [9.17, 15) is 9.59 Å². The third-order valence-corrected chi connectivity index (χ3v) is 10.2. The van der Waals surface area contributed by atoms with Crippen molar-refractivity contribution in [3.63, 3.8) is 0 Å². The Hall–Kier alpha value is -2.79. The topological polar surface area (TPSA) is 114 Å². The highest BCUT2D eigenvalue weighted by Crippen LogP contribution is 2.70. The first-order valence-corrected chi connectivity index (χ1v) is 14.5. The van der Waals surface area contributed by atoms with Crippen LogP contribution in [0.4, 0.5) is 16.6 Å². The SMILES string of the molecule is Cc1nscc1Nc1nncn1[C@H]1CCc2sc(NC(=O)C3CC34CC4)c(C(=O)NCC3CC3)c2C1. The van der Waals surface area contributed by atoms with Crippen LogP contribution in [0.1, 0.15) is 71.1 Å². The summed E-state index contributed by atoms with van der Waals surface area (Å²) in [5.41, 5.74) is 3.87. The molecule has 2 atom stereocenters. The predicted octanol–water partition coefficient (Wildman–Crippen LogP) is 4.46. The Morgan fingerprint density at radius 3 is 2.83 bits per heavy atom. The minimum atomic E-state index is -0.0608. The zero-order chi connectivity index (χ0) is 24.4. The van der Waals surface area contributed by atoms with E-state index in [1.165, 1.54) is 42.1 Å². The van der Waals surface area contributed by atoms with Crippen LogP contribution in [0, 0.1) is 24.2 Å². The molecule has 3 aromatic rings. The predicted molar refractivity (Wildman–Crippen MR) is 139 cm³/mol. The fourth-order valence-corrected chi connectivity index (χ4v) is 7.43. The number of amides is 2. The average Bonchev–Trinajstić information content (AvgIpc) is 3.83. The van der Waals surface area contributed by atoms with Gasteiger partial charge in [0.25, 0.3) is 5.91 Å². The highest BCUT2D eigenvalue weighted by Gasteiger charge is 2.65. The number of anilines is 3. The lowest BCUT2D eigenvalue weighted by atomic mass is 9.91. The number of hydrogen-bond acceptors (Lipinski definition) is 8. The lowest BCUT2D eigenvalue weighted by Gasteiger charge is -2.25. The quantitative estimate of drug-likeness (QED) is 0.402. The van der Waals surface area contributed by atoms with Crippen LogP contribution < -0.4 is 16.0 Å². The third-order valence-electron chi connectivity index (χ3n) is 8.31. The first-order chi connectivity index (χ1) is 17.5. The van der Waals surface area contributed by atoms with Gasteiger partial charge in [0.2, 0.25) is 11.9 Å². The number of carbonyl (C=O) groups is 2. The second-order valence-electron chi connectivity index (χ2n) is 10.9. The van der Waals surface area contributed by atoms with Crippen LogP contribution in [0.5, 0.6) is 0 Å². The lowest BCUT2D eigenvalue weighted by molar-refractivity contribution is -0.117. The zero-order valence-electron chi connectivity index (χ0n) is 20.2. The van der Waals surface area contributed by atoms with Gasteiger partial charge in [-0.2, -0.15) is 4.37 Å². The van der Waals surface area contributed by atoms with Crippen molar-refractivity contribution in [3.05, 3.63) is 33.4 Å². The van der Waals surface area contributed by atoms with E-state index in [4.69, 9.17) is 0 Å². The van der Waals surface area contributed by atoms with Gasteiger partial charge in [-0.05, 0) is 86.7 Å². The Balaban J connectivity index is 1.16. The van der Waals surface area contributed by atoms with Crippen molar-refractivity contribution in [2.45, 2.75) is 64.3 Å².